The SMILES string of the molecule is CC(C)OC(=O)NC=S. The maximum atomic E-state index is 10.4. The van der Waals surface area contributed by atoms with E-state index in [1.807, 2.05) is 0 Å². The number of alkyl carbamates (subject to hydrolysis) is 1. The highest BCUT2D eigenvalue weighted by atomic mass is 32.1. The molecule has 0 radical (unpaired) electrons. The largest absolute Gasteiger partial charge is 0.447 e. The first-order chi connectivity index (χ1) is 4.16. The Morgan fingerprint density at radius 2 is 2.33 bits per heavy atom. The molecule has 0 aliphatic carbocycles. The summed E-state index contributed by atoms with van der Waals surface area (Å²) in [4.78, 5) is 10.4. The minimum atomic E-state index is -0.500. The Morgan fingerprint density at radius 1 is 1.78 bits per heavy atom. The number of hydrogen-bond acceptors (Lipinski definition) is 3. The smallest absolute Gasteiger partial charge is 0.412 e. The van der Waals surface area contributed by atoms with Crippen LogP contribution >= 0.6 is 12.2 Å². The molecule has 0 fully saturated rings. The molecule has 0 atom stereocenters. The number of rotatable bonds is 2. The second kappa shape index (κ2) is 4.26. The van der Waals surface area contributed by atoms with Crippen molar-refractivity contribution in [3.05, 3.63) is 0 Å². The minimum Gasteiger partial charge on any atom is -0.447 e. The Labute approximate surface area is 59.4 Å². The molecule has 9 heavy (non-hydrogen) atoms. The number of hydrogen-bond donors (Lipinski definition) is 1. The first-order valence-electron chi connectivity index (χ1n) is 2.57. The zero-order valence-corrected chi connectivity index (χ0v) is 6.20. The molecule has 0 spiro atoms. The fraction of sp³-hybridized carbons (Fsp3) is 0.600. The number of thiocarbonyl (C=S) groups is 1. The molecule has 0 heterocycles. The van der Waals surface area contributed by atoms with Crippen molar-refractivity contribution in [2.75, 3.05) is 0 Å². The number of carbonyl (C=O) groups is 1. The zero-order chi connectivity index (χ0) is 7.28. The average Bonchev–Trinajstić information content (AvgIpc) is 1.63. The molecular weight excluding hydrogens is 138 g/mol. The van der Waals surface area contributed by atoms with Crippen LogP contribution in [0, 0.1) is 0 Å². The molecule has 0 aromatic carbocycles. The van der Waals surface area contributed by atoms with Crippen LogP contribution in [0.25, 0.3) is 0 Å². The van der Waals surface area contributed by atoms with Crippen molar-refractivity contribution in [1.29, 1.82) is 0 Å². The molecule has 0 bridgehead atoms. The van der Waals surface area contributed by atoms with Crippen molar-refractivity contribution in [1.82, 2.24) is 5.32 Å². The van der Waals surface area contributed by atoms with Crippen LogP contribution in [0.3, 0.4) is 0 Å². The maximum Gasteiger partial charge on any atom is 0.412 e. The van der Waals surface area contributed by atoms with Crippen LogP contribution in [0.4, 0.5) is 4.79 Å². The van der Waals surface area contributed by atoms with Crippen molar-refractivity contribution < 1.29 is 9.53 Å². The van der Waals surface area contributed by atoms with Crippen LogP contribution in [-0.4, -0.2) is 17.7 Å². The number of nitrogens with one attached hydrogen (secondary N) is 1. The fourth-order valence-electron chi connectivity index (χ4n) is 0.296. The molecule has 0 aromatic rings. The minimum absolute atomic E-state index is 0.0973. The average molecular weight is 147 g/mol. The lowest BCUT2D eigenvalue weighted by molar-refractivity contribution is 0.121. The second-order valence-corrected chi connectivity index (χ2v) is 1.95. The van der Waals surface area contributed by atoms with E-state index in [4.69, 9.17) is 0 Å². The van der Waals surface area contributed by atoms with Gasteiger partial charge in [0.25, 0.3) is 0 Å². The third-order valence-corrected chi connectivity index (χ3v) is 0.637. The van der Waals surface area contributed by atoms with E-state index in [0.717, 1.165) is 5.49 Å². The lowest BCUT2D eigenvalue weighted by Crippen LogP contribution is -2.24. The van der Waals surface area contributed by atoms with Gasteiger partial charge in [-0.05, 0) is 13.8 Å². The Bertz CT molecular complexity index is 114. The van der Waals surface area contributed by atoms with E-state index in [1.165, 1.54) is 0 Å². The van der Waals surface area contributed by atoms with Crippen molar-refractivity contribution in [3.8, 4) is 0 Å². The monoisotopic (exact) mass is 147 g/mol. The van der Waals surface area contributed by atoms with Gasteiger partial charge < -0.3 is 4.74 Å². The number of ether oxygens (including phenoxy) is 1. The first kappa shape index (κ1) is 8.36. The van der Waals surface area contributed by atoms with Gasteiger partial charge in [-0.1, -0.05) is 12.2 Å². The van der Waals surface area contributed by atoms with Crippen LogP contribution in [0.2, 0.25) is 0 Å². The van der Waals surface area contributed by atoms with E-state index in [2.05, 4.69) is 22.3 Å². The number of carbonyl (C=O) groups excluding carboxylic acids is 1. The van der Waals surface area contributed by atoms with Gasteiger partial charge >= 0.3 is 6.09 Å². The summed E-state index contributed by atoms with van der Waals surface area (Å²) in [7, 11) is 0. The Balaban J connectivity index is 3.38. The lowest BCUT2D eigenvalue weighted by Gasteiger charge is -2.04. The fourth-order valence-corrected chi connectivity index (χ4v) is 0.392. The summed E-state index contributed by atoms with van der Waals surface area (Å²) in [5.74, 6) is 0. The van der Waals surface area contributed by atoms with Gasteiger partial charge in [-0.15, -0.1) is 0 Å². The molecular formula is C5H9NO2S. The van der Waals surface area contributed by atoms with Crippen molar-refractivity contribution >= 4 is 23.8 Å². The van der Waals surface area contributed by atoms with Gasteiger partial charge in [-0.25, -0.2) is 4.79 Å². The molecule has 0 unspecified atom stereocenters. The van der Waals surface area contributed by atoms with Crippen LogP contribution in [-0.2, 0) is 4.74 Å². The third-order valence-electron chi connectivity index (χ3n) is 0.520. The maximum absolute atomic E-state index is 10.4. The van der Waals surface area contributed by atoms with E-state index in [1.54, 1.807) is 13.8 Å². The molecule has 0 aliphatic heterocycles. The lowest BCUT2D eigenvalue weighted by atomic mass is 10.5. The molecule has 1 amide bonds. The highest BCUT2D eigenvalue weighted by Crippen LogP contribution is 1.86. The van der Waals surface area contributed by atoms with Gasteiger partial charge in [0.2, 0.25) is 0 Å². The molecule has 1 N–H and O–H groups in total. The second-order valence-electron chi connectivity index (χ2n) is 1.72. The first-order valence-corrected chi connectivity index (χ1v) is 3.04. The molecule has 0 saturated carbocycles. The quantitative estimate of drug-likeness (QED) is 0.594. The summed E-state index contributed by atoms with van der Waals surface area (Å²) >= 11 is 4.34. The predicted molar refractivity (Wildman–Crippen MR) is 38.4 cm³/mol. The van der Waals surface area contributed by atoms with E-state index in [0.29, 0.717) is 0 Å². The molecule has 0 saturated heterocycles. The molecule has 0 aliphatic rings. The van der Waals surface area contributed by atoms with Crippen LogP contribution in [0.15, 0.2) is 0 Å². The summed E-state index contributed by atoms with van der Waals surface area (Å²) in [6, 6.07) is 0. The highest BCUT2D eigenvalue weighted by Gasteiger charge is 1.99. The predicted octanol–water partition coefficient (Wildman–Crippen LogP) is 1.08. The van der Waals surface area contributed by atoms with Gasteiger partial charge in [0.05, 0.1) is 11.6 Å². The van der Waals surface area contributed by atoms with E-state index < -0.39 is 6.09 Å². The summed E-state index contributed by atoms with van der Waals surface area (Å²) < 4.78 is 4.64. The zero-order valence-electron chi connectivity index (χ0n) is 5.38. The summed E-state index contributed by atoms with van der Waals surface area (Å²) in [5.41, 5.74) is 1.12. The van der Waals surface area contributed by atoms with Gasteiger partial charge in [0.1, 0.15) is 0 Å². The Hall–Kier alpha value is -0.640. The molecule has 3 nitrogen and oxygen atoms in total. The van der Waals surface area contributed by atoms with Crippen molar-refractivity contribution in [2.45, 2.75) is 20.0 Å². The van der Waals surface area contributed by atoms with E-state index in [-0.39, 0.29) is 6.10 Å². The van der Waals surface area contributed by atoms with Gasteiger partial charge in [0.15, 0.2) is 0 Å². The third kappa shape index (κ3) is 5.23. The molecule has 0 aromatic heterocycles. The van der Waals surface area contributed by atoms with Gasteiger partial charge in [-0.3, -0.25) is 5.32 Å². The topological polar surface area (TPSA) is 38.3 Å². The molecule has 52 valence electrons. The van der Waals surface area contributed by atoms with Crippen molar-refractivity contribution in [3.63, 3.8) is 0 Å². The summed E-state index contributed by atoms with van der Waals surface area (Å²) in [6.07, 6.45) is -0.597. The van der Waals surface area contributed by atoms with Gasteiger partial charge in [0, 0.05) is 0 Å². The van der Waals surface area contributed by atoms with Crippen LogP contribution < -0.4 is 5.32 Å². The Morgan fingerprint density at radius 3 is 2.67 bits per heavy atom. The molecule has 0 rings (SSSR count). The van der Waals surface area contributed by atoms with Crippen molar-refractivity contribution in [2.24, 2.45) is 0 Å². The normalized spacial score (nSPS) is 8.78. The van der Waals surface area contributed by atoms with Crippen LogP contribution in [0.1, 0.15) is 13.8 Å². The summed E-state index contributed by atoms with van der Waals surface area (Å²) in [5, 5.41) is 2.21. The number of amides is 1. The Kier molecular flexibility index (Phi) is 3.96. The van der Waals surface area contributed by atoms with Gasteiger partial charge in [-0.2, -0.15) is 0 Å². The summed E-state index contributed by atoms with van der Waals surface area (Å²) in [6.45, 7) is 3.53. The van der Waals surface area contributed by atoms with E-state index in [9.17, 15) is 4.79 Å². The van der Waals surface area contributed by atoms with E-state index >= 15 is 0 Å². The van der Waals surface area contributed by atoms with Crippen LogP contribution in [0.5, 0.6) is 0 Å². The standard InChI is InChI=1S/C5H9NO2S/c1-4(2)8-5(7)6-3-9/h3-4H,1-2H3,(H,6,7,9). The highest BCUT2D eigenvalue weighted by molar-refractivity contribution is 7.78. The molecule has 4 heteroatoms.